The summed E-state index contributed by atoms with van der Waals surface area (Å²) in [5.74, 6) is 0.0222. The van der Waals surface area contributed by atoms with Crippen molar-refractivity contribution in [1.82, 2.24) is 4.90 Å². The summed E-state index contributed by atoms with van der Waals surface area (Å²) in [6.45, 7) is 6.58. The van der Waals surface area contributed by atoms with E-state index in [1.807, 2.05) is 33.0 Å². The van der Waals surface area contributed by atoms with Gasteiger partial charge in [-0.25, -0.2) is 0 Å². The highest BCUT2D eigenvalue weighted by atomic mass is 16.2. The number of rotatable bonds is 5. The van der Waals surface area contributed by atoms with E-state index in [-0.39, 0.29) is 5.91 Å². The molecule has 0 unspecified atom stereocenters. The Bertz CT molecular complexity index is 411. The van der Waals surface area contributed by atoms with E-state index in [2.05, 4.69) is 19.1 Å². The molecule has 1 aromatic carbocycles. The van der Waals surface area contributed by atoms with Gasteiger partial charge in [-0.05, 0) is 25.3 Å². The van der Waals surface area contributed by atoms with Crippen molar-refractivity contribution < 1.29 is 4.79 Å². The van der Waals surface area contributed by atoms with Crippen LogP contribution in [0.4, 0.5) is 0 Å². The molecule has 0 atom stereocenters. The molecular formula is C15H24N2O. The molecule has 3 nitrogen and oxygen atoms in total. The first-order valence-corrected chi connectivity index (χ1v) is 6.53. The Morgan fingerprint density at radius 1 is 1.33 bits per heavy atom. The molecule has 1 amide bonds. The molecule has 0 saturated carbocycles. The van der Waals surface area contributed by atoms with Crippen molar-refractivity contribution >= 4 is 5.91 Å². The Hall–Kier alpha value is -1.35. The quantitative estimate of drug-likeness (QED) is 0.870. The Labute approximate surface area is 110 Å². The minimum atomic E-state index is -0.724. The summed E-state index contributed by atoms with van der Waals surface area (Å²) < 4.78 is 0. The molecule has 0 saturated heterocycles. The summed E-state index contributed by atoms with van der Waals surface area (Å²) in [5.41, 5.74) is 7.76. The van der Waals surface area contributed by atoms with E-state index < -0.39 is 5.54 Å². The van der Waals surface area contributed by atoms with Crippen LogP contribution in [-0.4, -0.2) is 23.4 Å². The van der Waals surface area contributed by atoms with E-state index in [0.29, 0.717) is 19.4 Å². The normalized spacial score (nSPS) is 11.4. The fourth-order valence-electron chi connectivity index (χ4n) is 2.09. The molecule has 1 aromatic rings. The SMILES string of the molecule is CCC(N)(CC)C(=O)N(C)Cc1cccc(C)c1. The third-order valence-electron chi connectivity index (χ3n) is 3.54. The molecule has 0 spiro atoms. The lowest BCUT2D eigenvalue weighted by molar-refractivity contribution is -0.136. The Morgan fingerprint density at radius 2 is 1.94 bits per heavy atom. The second-order valence-electron chi connectivity index (χ2n) is 5.01. The zero-order valence-electron chi connectivity index (χ0n) is 11.9. The van der Waals surface area contributed by atoms with Gasteiger partial charge < -0.3 is 10.6 Å². The zero-order chi connectivity index (χ0) is 13.8. The van der Waals surface area contributed by atoms with Crippen LogP contribution in [0.1, 0.15) is 37.8 Å². The highest BCUT2D eigenvalue weighted by Gasteiger charge is 2.32. The summed E-state index contributed by atoms with van der Waals surface area (Å²) in [7, 11) is 1.82. The van der Waals surface area contributed by atoms with E-state index in [9.17, 15) is 4.79 Å². The van der Waals surface area contributed by atoms with Gasteiger partial charge in [0.05, 0.1) is 5.54 Å². The molecule has 0 heterocycles. The number of hydrogen-bond donors (Lipinski definition) is 1. The molecule has 0 bridgehead atoms. The maximum Gasteiger partial charge on any atom is 0.242 e. The van der Waals surface area contributed by atoms with Gasteiger partial charge in [0.1, 0.15) is 0 Å². The van der Waals surface area contributed by atoms with Gasteiger partial charge in [-0.15, -0.1) is 0 Å². The molecule has 2 N–H and O–H groups in total. The number of amides is 1. The largest absolute Gasteiger partial charge is 0.340 e. The summed E-state index contributed by atoms with van der Waals surface area (Å²) in [4.78, 5) is 14.0. The molecule has 3 heteroatoms. The molecule has 0 aliphatic carbocycles. The van der Waals surface area contributed by atoms with E-state index in [1.165, 1.54) is 5.56 Å². The van der Waals surface area contributed by atoms with Crippen LogP contribution in [0.3, 0.4) is 0 Å². The van der Waals surface area contributed by atoms with Crippen molar-refractivity contribution in [3.63, 3.8) is 0 Å². The van der Waals surface area contributed by atoms with E-state index in [4.69, 9.17) is 5.73 Å². The van der Waals surface area contributed by atoms with Crippen molar-refractivity contribution in [3.05, 3.63) is 35.4 Å². The third kappa shape index (κ3) is 3.33. The van der Waals surface area contributed by atoms with Gasteiger partial charge in [-0.1, -0.05) is 43.7 Å². The number of benzene rings is 1. The third-order valence-corrected chi connectivity index (χ3v) is 3.54. The predicted molar refractivity (Wildman–Crippen MR) is 75.2 cm³/mol. The van der Waals surface area contributed by atoms with Gasteiger partial charge in [0, 0.05) is 13.6 Å². The minimum Gasteiger partial charge on any atom is -0.340 e. The molecule has 0 aliphatic rings. The highest BCUT2D eigenvalue weighted by molar-refractivity contribution is 5.85. The number of nitrogens with zero attached hydrogens (tertiary/aromatic N) is 1. The van der Waals surface area contributed by atoms with Crippen LogP contribution in [0, 0.1) is 6.92 Å². The van der Waals surface area contributed by atoms with Crippen LogP contribution in [0.15, 0.2) is 24.3 Å². The number of nitrogens with two attached hydrogens (primary N) is 1. The molecule has 0 radical (unpaired) electrons. The maximum absolute atomic E-state index is 12.3. The van der Waals surface area contributed by atoms with Gasteiger partial charge in [0.2, 0.25) is 5.91 Å². The van der Waals surface area contributed by atoms with E-state index in [1.54, 1.807) is 4.90 Å². The van der Waals surface area contributed by atoms with Gasteiger partial charge in [0.15, 0.2) is 0 Å². The summed E-state index contributed by atoms with van der Waals surface area (Å²) in [6, 6.07) is 8.20. The first-order valence-electron chi connectivity index (χ1n) is 6.53. The van der Waals surface area contributed by atoms with Crippen molar-refractivity contribution in [1.29, 1.82) is 0 Å². The lowest BCUT2D eigenvalue weighted by Gasteiger charge is -2.30. The predicted octanol–water partition coefficient (Wildman–Crippen LogP) is 2.47. The summed E-state index contributed by atoms with van der Waals surface area (Å²) in [6.07, 6.45) is 1.33. The monoisotopic (exact) mass is 248 g/mol. The zero-order valence-corrected chi connectivity index (χ0v) is 11.9. The van der Waals surface area contributed by atoms with Crippen LogP contribution in [0.5, 0.6) is 0 Å². The fraction of sp³-hybridized carbons (Fsp3) is 0.533. The molecular weight excluding hydrogens is 224 g/mol. The van der Waals surface area contributed by atoms with Gasteiger partial charge in [-0.2, -0.15) is 0 Å². The van der Waals surface area contributed by atoms with Crippen molar-refractivity contribution in [2.45, 2.75) is 45.7 Å². The number of aryl methyl sites for hydroxylation is 1. The fourth-order valence-corrected chi connectivity index (χ4v) is 2.09. The van der Waals surface area contributed by atoms with Crippen LogP contribution in [-0.2, 0) is 11.3 Å². The molecule has 100 valence electrons. The van der Waals surface area contributed by atoms with Crippen molar-refractivity contribution in [2.75, 3.05) is 7.05 Å². The molecule has 0 aliphatic heterocycles. The van der Waals surface area contributed by atoms with Crippen LogP contribution < -0.4 is 5.73 Å². The number of hydrogen-bond acceptors (Lipinski definition) is 2. The first kappa shape index (κ1) is 14.7. The van der Waals surface area contributed by atoms with E-state index >= 15 is 0 Å². The smallest absolute Gasteiger partial charge is 0.242 e. The van der Waals surface area contributed by atoms with E-state index in [0.717, 1.165) is 5.56 Å². The van der Waals surface area contributed by atoms with Crippen LogP contribution in [0.25, 0.3) is 0 Å². The molecule has 1 rings (SSSR count). The molecule has 0 fully saturated rings. The Balaban J connectivity index is 2.77. The van der Waals surface area contributed by atoms with Crippen molar-refractivity contribution in [3.8, 4) is 0 Å². The lowest BCUT2D eigenvalue weighted by Crippen LogP contribution is -2.53. The topological polar surface area (TPSA) is 46.3 Å². The second-order valence-corrected chi connectivity index (χ2v) is 5.01. The van der Waals surface area contributed by atoms with Crippen LogP contribution >= 0.6 is 0 Å². The lowest BCUT2D eigenvalue weighted by atomic mass is 9.92. The van der Waals surface area contributed by atoms with Gasteiger partial charge in [0.25, 0.3) is 0 Å². The van der Waals surface area contributed by atoms with Crippen LogP contribution in [0.2, 0.25) is 0 Å². The molecule has 0 aromatic heterocycles. The van der Waals surface area contributed by atoms with Crippen molar-refractivity contribution in [2.24, 2.45) is 5.73 Å². The first-order chi connectivity index (χ1) is 8.42. The Kier molecular flexibility index (Phi) is 4.91. The number of carbonyl (C=O) groups is 1. The number of likely N-dealkylation sites (N-methyl/N-ethyl adjacent to an activating group) is 1. The van der Waals surface area contributed by atoms with Gasteiger partial charge in [-0.3, -0.25) is 4.79 Å². The Morgan fingerprint density at radius 3 is 2.44 bits per heavy atom. The van der Waals surface area contributed by atoms with Gasteiger partial charge >= 0.3 is 0 Å². The average molecular weight is 248 g/mol. The summed E-state index contributed by atoms with van der Waals surface area (Å²) >= 11 is 0. The standard InChI is InChI=1S/C15H24N2O/c1-5-15(16,6-2)14(18)17(4)11-13-9-7-8-12(3)10-13/h7-10H,5-6,11,16H2,1-4H3. The summed E-state index contributed by atoms with van der Waals surface area (Å²) in [5, 5.41) is 0. The molecule has 18 heavy (non-hydrogen) atoms. The minimum absolute atomic E-state index is 0.0222. The average Bonchev–Trinajstić information content (AvgIpc) is 2.37. The number of carbonyl (C=O) groups excluding carboxylic acids is 1. The highest BCUT2D eigenvalue weighted by Crippen LogP contribution is 2.16. The second kappa shape index (κ2) is 6.01. The maximum atomic E-state index is 12.3.